The Balaban J connectivity index is 2.24. The minimum atomic E-state index is 0.619. The summed E-state index contributed by atoms with van der Waals surface area (Å²) in [5.74, 6) is 0. The largest absolute Gasteiger partial charge is 0.314 e. The Morgan fingerprint density at radius 3 is 2.81 bits per heavy atom. The molecule has 0 spiro atoms. The van der Waals surface area contributed by atoms with Gasteiger partial charge in [0.1, 0.15) is 0 Å². The van der Waals surface area contributed by atoms with Gasteiger partial charge in [-0.15, -0.1) is 11.3 Å². The van der Waals surface area contributed by atoms with E-state index in [0.29, 0.717) is 6.04 Å². The van der Waals surface area contributed by atoms with Crippen molar-refractivity contribution in [2.75, 3.05) is 6.54 Å². The highest BCUT2D eigenvalue weighted by atomic mass is 32.1. The minimum absolute atomic E-state index is 0.619. The summed E-state index contributed by atoms with van der Waals surface area (Å²) in [6.45, 7) is 5.50. The second-order valence-electron chi connectivity index (χ2n) is 4.23. The van der Waals surface area contributed by atoms with Crippen LogP contribution in [0, 0.1) is 0 Å². The number of aromatic nitrogens is 1. The lowest BCUT2D eigenvalue weighted by Crippen LogP contribution is -2.30. The lowest BCUT2D eigenvalue weighted by Gasteiger charge is -2.16. The molecule has 0 aromatic carbocycles. The maximum atomic E-state index is 4.36. The van der Waals surface area contributed by atoms with Crippen molar-refractivity contribution in [2.24, 2.45) is 0 Å². The first-order chi connectivity index (χ1) is 7.86. The Morgan fingerprint density at radius 1 is 1.31 bits per heavy atom. The van der Waals surface area contributed by atoms with Crippen LogP contribution in [0.3, 0.4) is 0 Å². The maximum absolute atomic E-state index is 4.36. The minimum Gasteiger partial charge on any atom is -0.314 e. The van der Waals surface area contributed by atoms with E-state index < -0.39 is 0 Å². The van der Waals surface area contributed by atoms with E-state index in [9.17, 15) is 0 Å². The highest BCUT2D eigenvalue weighted by Gasteiger charge is 2.09. The van der Waals surface area contributed by atoms with E-state index in [1.54, 1.807) is 11.3 Å². The summed E-state index contributed by atoms with van der Waals surface area (Å²) < 4.78 is 0. The molecule has 1 heterocycles. The van der Waals surface area contributed by atoms with E-state index in [1.165, 1.54) is 37.1 Å². The average Bonchev–Trinajstić information content (AvgIpc) is 2.77. The highest BCUT2D eigenvalue weighted by Crippen LogP contribution is 2.12. The molecule has 0 saturated carbocycles. The first kappa shape index (κ1) is 13.7. The van der Waals surface area contributed by atoms with Crippen LogP contribution in [0.25, 0.3) is 0 Å². The number of nitrogens with zero attached hydrogens (tertiary/aromatic N) is 1. The number of hydrogen-bond donors (Lipinski definition) is 1. The Morgan fingerprint density at radius 2 is 2.19 bits per heavy atom. The van der Waals surface area contributed by atoms with Crippen molar-refractivity contribution in [3.8, 4) is 0 Å². The summed E-state index contributed by atoms with van der Waals surface area (Å²) in [5, 5.41) is 6.89. The number of hydrogen-bond acceptors (Lipinski definition) is 3. The molecule has 92 valence electrons. The van der Waals surface area contributed by atoms with Gasteiger partial charge in [0.2, 0.25) is 0 Å². The SMILES string of the molecule is CCCCCCC(Cc1nccs1)NCC. The van der Waals surface area contributed by atoms with Gasteiger partial charge < -0.3 is 5.32 Å². The lowest BCUT2D eigenvalue weighted by molar-refractivity contribution is 0.462. The van der Waals surface area contributed by atoms with Crippen molar-refractivity contribution in [3.05, 3.63) is 16.6 Å². The van der Waals surface area contributed by atoms with Crippen molar-refractivity contribution in [3.63, 3.8) is 0 Å². The predicted octanol–water partition coefficient (Wildman–Crippen LogP) is 3.63. The fourth-order valence-electron chi connectivity index (χ4n) is 1.95. The summed E-state index contributed by atoms with van der Waals surface area (Å²) >= 11 is 1.77. The van der Waals surface area contributed by atoms with Gasteiger partial charge in [0.25, 0.3) is 0 Å². The van der Waals surface area contributed by atoms with E-state index in [1.807, 2.05) is 6.20 Å². The van der Waals surface area contributed by atoms with Gasteiger partial charge in [-0.25, -0.2) is 4.98 Å². The fourth-order valence-corrected chi connectivity index (χ4v) is 2.64. The van der Waals surface area contributed by atoms with Gasteiger partial charge >= 0.3 is 0 Å². The second kappa shape index (κ2) is 8.71. The van der Waals surface area contributed by atoms with Crippen LogP contribution in [0.15, 0.2) is 11.6 Å². The van der Waals surface area contributed by atoms with Crippen LogP contribution in [0.1, 0.15) is 51.0 Å². The first-order valence-electron chi connectivity index (χ1n) is 6.48. The summed E-state index contributed by atoms with van der Waals surface area (Å²) in [7, 11) is 0. The number of likely N-dealkylation sites (N-methyl/N-ethyl adjacent to an activating group) is 1. The molecule has 0 fully saturated rings. The Labute approximate surface area is 103 Å². The number of thiazole rings is 1. The van der Waals surface area contributed by atoms with E-state index in [4.69, 9.17) is 0 Å². The zero-order valence-corrected chi connectivity index (χ0v) is 11.4. The van der Waals surface area contributed by atoms with Crippen LogP contribution in [0.2, 0.25) is 0 Å². The van der Waals surface area contributed by atoms with Crippen LogP contribution < -0.4 is 5.32 Å². The van der Waals surface area contributed by atoms with Crippen molar-refractivity contribution in [1.82, 2.24) is 10.3 Å². The van der Waals surface area contributed by atoms with Gasteiger partial charge in [-0.1, -0.05) is 39.5 Å². The van der Waals surface area contributed by atoms with Gasteiger partial charge in [-0.05, 0) is 13.0 Å². The van der Waals surface area contributed by atoms with E-state index in [-0.39, 0.29) is 0 Å². The fraction of sp³-hybridized carbons (Fsp3) is 0.769. The molecule has 1 rings (SSSR count). The lowest BCUT2D eigenvalue weighted by atomic mass is 10.0. The molecule has 1 atom stereocenters. The number of unbranched alkanes of at least 4 members (excludes halogenated alkanes) is 3. The zero-order chi connectivity index (χ0) is 11.6. The summed E-state index contributed by atoms with van der Waals surface area (Å²) in [5.41, 5.74) is 0. The molecule has 2 nitrogen and oxygen atoms in total. The number of nitrogens with one attached hydrogen (secondary N) is 1. The monoisotopic (exact) mass is 240 g/mol. The Bertz CT molecular complexity index is 246. The Kier molecular flexibility index (Phi) is 7.43. The third-order valence-corrected chi connectivity index (χ3v) is 3.61. The molecule has 0 bridgehead atoms. The molecule has 0 aliphatic carbocycles. The van der Waals surface area contributed by atoms with Crippen molar-refractivity contribution < 1.29 is 0 Å². The van der Waals surface area contributed by atoms with E-state index in [2.05, 4.69) is 29.5 Å². The molecule has 0 radical (unpaired) electrons. The molecule has 0 saturated heterocycles. The smallest absolute Gasteiger partial charge is 0.0940 e. The molecule has 0 aliphatic rings. The van der Waals surface area contributed by atoms with Gasteiger partial charge in [0, 0.05) is 24.0 Å². The maximum Gasteiger partial charge on any atom is 0.0940 e. The van der Waals surface area contributed by atoms with E-state index in [0.717, 1.165) is 13.0 Å². The van der Waals surface area contributed by atoms with Crippen molar-refractivity contribution in [2.45, 2.75) is 58.4 Å². The van der Waals surface area contributed by atoms with Crippen LogP contribution in [-0.2, 0) is 6.42 Å². The Hall–Kier alpha value is -0.410. The molecular weight excluding hydrogens is 216 g/mol. The molecule has 0 amide bonds. The average molecular weight is 240 g/mol. The molecule has 16 heavy (non-hydrogen) atoms. The second-order valence-corrected chi connectivity index (χ2v) is 5.21. The normalized spacial score (nSPS) is 12.9. The van der Waals surface area contributed by atoms with E-state index >= 15 is 0 Å². The van der Waals surface area contributed by atoms with Crippen LogP contribution in [0.4, 0.5) is 0 Å². The summed E-state index contributed by atoms with van der Waals surface area (Å²) in [6.07, 6.45) is 9.69. The summed E-state index contributed by atoms with van der Waals surface area (Å²) in [4.78, 5) is 4.36. The zero-order valence-electron chi connectivity index (χ0n) is 10.5. The molecular formula is C13H24N2S. The molecule has 0 aliphatic heterocycles. The molecule has 1 aromatic rings. The predicted molar refractivity (Wildman–Crippen MR) is 72.0 cm³/mol. The molecule has 1 unspecified atom stereocenters. The van der Waals surface area contributed by atoms with Gasteiger partial charge in [0.15, 0.2) is 0 Å². The van der Waals surface area contributed by atoms with Gasteiger partial charge in [-0.2, -0.15) is 0 Å². The van der Waals surface area contributed by atoms with Crippen molar-refractivity contribution in [1.29, 1.82) is 0 Å². The highest BCUT2D eigenvalue weighted by molar-refractivity contribution is 7.09. The van der Waals surface area contributed by atoms with Crippen LogP contribution in [0.5, 0.6) is 0 Å². The van der Waals surface area contributed by atoms with Crippen LogP contribution >= 0.6 is 11.3 Å². The first-order valence-corrected chi connectivity index (χ1v) is 7.36. The third kappa shape index (κ3) is 5.61. The van der Waals surface area contributed by atoms with Gasteiger partial charge in [0.05, 0.1) is 5.01 Å². The third-order valence-electron chi connectivity index (χ3n) is 2.80. The molecule has 3 heteroatoms. The summed E-state index contributed by atoms with van der Waals surface area (Å²) in [6, 6.07) is 0.619. The standard InChI is InChI=1S/C13H24N2S/c1-3-5-6-7-8-12(14-4-2)11-13-15-9-10-16-13/h9-10,12,14H,3-8,11H2,1-2H3. The van der Waals surface area contributed by atoms with Crippen molar-refractivity contribution >= 4 is 11.3 Å². The number of rotatable bonds is 9. The topological polar surface area (TPSA) is 24.9 Å². The molecule has 1 aromatic heterocycles. The van der Waals surface area contributed by atoms with Gasteiger partial charge in [-0.3, -0.25) is 0 Å². The molecule has 1 N–H and O–H groups in total. The van der Waals surface area contributed by atoms with Crippen LogP contribution in [-0.4, -0.2) is 17.6 Å². The quantitative estimate of drug-likeness (QED) is 0.667.